The average Bonchev–Trinajstić information content (AvgIpc) is 2.97. The summed E-state index contributed by atoms with van der Waals surface area (Å²) in [6.45, 7) is 2.55. The van der Waals surface area contributed by atoms with Crippen LogP contribution in [0.5, 0.6) is 5.75 Å². The number of hydrogen-bond acceptors (Lipinski definition) is 9. The highest BCUT2D eigenvalue weighted by molar-refractivity contribution is 7.99. The van der Waals surface area contributed by atoms with Crippen LogP contribution in [-0.2, 0) is 23.9 Å². The molecule has 206 valence electrons. The maximum absolute atomic E-state index is 13.6. The number of aliphatic hydroxyl groups excluding tert-OH is 1. The molecular formula is C26H32N2O9S. The Morgan fingerprint density at radius 2 is 1.71 bits per heavy atom. The van der Waals surface area contributed by atoms with Crippen molar-refractivity contribution in [2.24, 2.45) is 0 Å². The molecule has 0 saturated carbocycles. The Labute approximate surface area is 224 Å². The number of carbonyl (C=O) groups excluding carboxylic acids is 2. The van der Waals surface area contributed by atoms with Crippen LogP contribution in [0.1, 0.15) is 24.2 Å². The summed E-state index contributed by atoms with van der Waals surface area (Å²) in [4.78, 5) is 49.6. The van der Waals surface area contributed by atoms with Crippen molar-refractivity contribution in [2.45, 2.75) is 35.7 Å². The molecule has 1 aliphatic heterocycles. The van der Waals surface area contributed by atoms with Crippen LogP contribution in [0, 0.1) is 0 Å². The summed E-state index contributed by atoms with van der Waals surface area (Å²) in [5, 5.41) is 23.8. The van der Waals surface area contributed by atoms with E-state index in [-0.39, 0.29) is 11.2 Å². The Morgan fingerprint density at radius 3 is 2.21 bits per heavy atom. The number of nitrogens with zero attached hydrogens (tertiary/aromatic N) is 2. The van der Waals surface area contributed by atoms with Crippen molar-refractivity contribution < 1.29 is 44.0 Å². The molecule has 0 aromatic heterocycles. The molecule has 0 bridgehead atoms. The van der Waals surface area contributed by atoms with E-state index in [4.69, 9.17) is 24.8 Å². The van der Waals surface area contributed by atoms with Crippen LogP contribution < -0.4 is 9.64 Å². The predicted octanol–water partition coefficient (Wildman–Crippen LogP) is 2.28. The molecule has 12 heteroatoms. The van der Waals surface area contributed by atoms with Crippen molar-refractivity contribution in [3.05, 3.63) is 54.1 Å². The molecule has 1 amide bonds. The van der Waals surface area contributed by atoms with Crippen molar-refractivity contribution in [3.8, 4) is 5.75 Å². The van der Waals surface area contributed by atoms with Gasteiger partial charge in [-0.3, -0.25) is 14.4 Å². The summed E-state index contributed by atoms with van der Waals surface area (Å²) in [6.07, 6.45) is -3.46. The van der Waals surface area contributed by atoms with E-state index in [2.05, 4.69) is 0 Å². The van der Waals surface area contributed by atoms with Gasteiger partial charge in [0.1, 0.15) is 5.75 Å². The minimum atomic E-state index is -1.79. The number of fused-ring (bicyclic) bond motifs is 1. The molecule has 0 aliphatic carbocycles. The molecule has 0 spiro atoms. The summed E-state index contributed by atoms with van der Waals surface area (Å²) in [5.41, 5.74) is 1.75. The Kier molecular flexibility index (Phi) is 11.6. The number of aliphatic hydroxyl groups is 1. The first-order valence-electron chi connectivity index (χ1n) is 11.6. The van der Waals surface area contributed by atoms with Crippen LogP contribution >= 0.6 is 11.8 Å². The molecule has 2 aromatic carbocycles. The van der Waals surface area contributed by atoms with E-state index < -0.39 is 36.5 Å². The van der Waals surface area contributed by atoms with Crippen LogP contribution in [0.2, 0.25) is 0 Å². The molecule has 0 fully saturated rings. The number of ether oxygens (including phenoxy) is 2. The molecule has 1 aliphatic rings. The summed E-state index contributed by atoms with van der Waals surface area (Å²) < 4.78 is 10.8. The second kappa shape index (κ2) is 14.4. The zero-order valence-electron chi connectivity index (χ0n) is 21.6. The van der Waals surface area contributed by atoms with Crippen LogP contribution in [-0.4, -0.2) is 90.5 Å². The van der Waals surface area contributed by atoms with Gasteiger partial charge in [-0.25, -0.2) is 4.79 Å². The minimum absolute atomic E-state index is 0.208. The Balaban J connectivity index is 0.000000484. The lowest BCUT2D eigenvalue weighted by molar-refractivity contribution is -0.153. The number of rotatable bonds is 9. The molecule has 1 heterocycles. The number of likely N-dealkylation sites (N-methyl/N-ethyl adjacent to an activating group) is 1. The molecule has 0 radical (unpaired) electrons. The molecule has 0 saturated heterocycles. The molecule has 38 heavy (non-hydrogen) atoms. The van der Waals surface area contributed by atoms with Gasteiger partial charge in [0.05, 0.1) is 24.5 Å². The SMILES string of the molecule is COc1ccc([C@@H]2Sc3ccccc3N(CCN(C)C)C(=O)[C@@H]2OC(C)=O)cc1.O=C(O)CC(O)C(=O)O. The Bertz CT molecular complexity index is 1120. The molecule has 3 rings (SSSR count). The van der Waals surface area contributed by atoms with E-state index in [0.29, 0.717) is 13.1 Å². The summed E-state index contributed by atoms with van der Waals surface area (Å²) in [7, 11) is 5.54. The molecule has 3 atom stereocenters. The second-order valence-electron chi connectivity index (χ2n) is 8.55. The van der Waals surface area contributed by atoms with E-state index in [1.165, 1.54) is 6.92 Å². The smallest absolute Gasteiger partial charge is 0.333 e. The van der Waals surface area contributed by atoms with Crippen molar-refractivity contribution >= 4 is 41.3 Å². The monoisotopic (exact) mass is 548 g/mol. The first-order chi connectivity index (χ1) is 17.9. The second-order valence-corrected chi connectivity index (χ2v) is 9.74. The number of methoxy groups -OCH3 is 1. The fourth-order valence-corrected chi connectivity index (χ4v) is 4.81. The fraction of sp³-hybridized carbons (Fsp3) is 0.385. The van der Waals surface area contributed by atoms with Crippen LogP contribution in [0.4, 0.5) is 5.69 Å². The molecule has 3 N–H and O–H groups in total. The van der Waals surface area contributed by atoms with Gasteiger partial charge in [0.15, 0.2) is 12.2 Å². The topological polar surface area (TPSA) is 154 Å². The zero-order chi connectivity index (χ0) is 28.4. The first kappa shape index (κ1) is 30.6. The quantitative estimate of drug-likeness (QED) is 0.395. The zero-order valence-corrected chi connectivity index (χ0v) is 22.4. The number of para-hydroxylation sites is 1. The summed E-state index contributed by atoms with van der Waals surface area (Å²) in [5.74, 6) is -2.79. The van der Waals surface area contributed by atoms with E-state index in [9.17, 15) is 19.2 Å². The van der Waals surface area contributed by atoms with Gasteiger partial charge in [-0.05, 0) is 43.9 Å². The normalized spacial score (nSPS) is 17.4. The third kappa shape index (κ3) is 8.75. The number of benzene rings is 2. The van der Waals surface area contributed by atoms with Gasteiger partial charge in [0.2, 0.25) is 0 Å². The molecular weight excluding hydrogens is 516 g/mol. The van der Waals surface area contributed by atoms with E-state index in [0.717, 1.165) is 21.9 Å². The van der Waals surface area contributed by atoms with Crippen LogP contribution in [0.15, 0.2) is 53.4 Å². The van der Waals surface area contributed by atoms with E-state index in [1.54, 1.807) is 23.8 Å². The minimum Gasteiger partial charge on any atom is -0.497 e. The van der Waals surface area contributed by atoms with E-state index >= 15 is 0 Å². The number of carbonyl (C=O) groups is 4. The van der Waals surface area contributed by atoms with Gasteiger partial charge in [-0.1, -0.05) is 24.3 Å². The van der Waals surface area contributed by atoms with Crippen molar-refractivity contribution in [3.63, 3.8) is 0 Å². The third-order valence-corrected chi connectivity index (χ3v) is 6.73. The van der Waals surface area contributed by atoms with Gasteiger partial charge in [-0.2, -0.15) is 0 Å². The number of esters is 1. The first-order valence-corrected chi connectivity index (χ1v) is 12.5. The fourth-order valence-electron chi connectivity index (χ4n) is 3.49. The third-order valence-electron chi connectivity index (χ3n) is 5.36. The maximum Gasteiger partial charge on any atom is 0.333 e. The van der Waals surface area contributed by atoms with Gasteiger partial charge in [-0.15, -0.1) is 11.8 Å². The van der Waals surface area contributed by atoms with Crippen LogP contribution in [0.3, 0.4) is 0 Å². The summed E-state index contributed by atoms with van der Waals surface area (Å²) >= 11 is 1.54. The number of thioether (sulfide) groups is 1. The van der Waals surface area contributed by atoms with E-state index in [1.807, 2.05) is 67.5 Å². The van der Waals surface area contributed by atoms with Crippen molar-refractivity contribution in [1.29, 1.82) is 0 Å². The lowest BCUT2D eigenvalue weighted by Crippen LogP contribution is -2.45. The summed E-state index contributed by atoms with van der Waals surface area (Å²) in [6, 6.07) is 15.4. The molecule has 11 nitrogen and oxygen atoms in total. The predicted molar refractivity (Wildman–Crippen MR) is 140 cm³/mol. The van der Waals surface area contributed by atoms with Gasteiger partial charge in [0.25, 0.3) is 5.91 Å². The van der Waals surface area contributed by atoms with Gasteiger partial charge < -0.3 is 34.6 Å². The standard InChI is InChI=1S/C22H26N2O4S.C4H6O5/c1-15(25)28-20-21(16-9-11-17(27-4)12-10-16)29-19-8-6-5-7-18(19)24(22(20)26)14-13-23(2)3;5-2(4(8)9)1-3(6)7/h5-12,20-21H,13-14H2,1-4H3;2,5H,1H2,(H,6,7)(H,8,9)/t20-,21+;/m1./s1. The number of carboxylic acids is 2. The molecule has 1 unspecified atom stereocenters. The largest absolute Gasteiger partial charge is 0.497 e. The Hall–Kier alpha value is -3.61. The van der Waals surface area contributed by atoms with Gasteiger partial charge >= 0.3 is 17.9 Å². The Morgan fingerprint density at radius 1 is 1.08 bits per heavy atom. The van der Waals surface area contributed by atoms with Crippen molar-refractivity contribution in [2.75, 3.05) is 39.2 Å². The highest BCUT2D eigenvalue weighted by Crippen LogP contribution is 2.46. The highest BCUT2D eigenvalue weighted by atomic mass is 32.2. The highest BCUT2D eigenvalue weighted by Gasteiger charge is 2.40. The number of aliphatic carboxylic acids is 2. The average molecular weight is 549 g/mol. The molecule has 2 aromatic rings. The number of amides is 1. The maximum atomic E-state index is 13.6. The number of hydrogen-bond donors (Lipinski definition) is 3. The van der Waals surface area contributed by atoms with Crippen molar-refractivity contribution in [1.82, 2.24) is 4.90 Å². The number of anilines is 1. The van der Waals surface area contributed by atoms with Crippen LogP contribution in [0.25, 0.3) is 0 Å². The lowest BCUT2D eigenvalue weighted by Gasteiger charge is -2.28. The number of carboxylic acid groups (broad SMARTS) is 2. The van der Waals surface area contributed by atoms with Gasteiger partial charge in [0, 0.05) is 24.9 Å². The lowest BCUT2D eigenvalue weighted by atomic mass is 10.1.